The molecule has 2 heterocycles. The number of aromatic nitrogens is 1. The fourth-order valence-corrected chi connectivity index (χ4v) is 3.54. The van der Waals surface area contributed by atoms with E-state index in [1.54, 1.807) is 6.20 Å². The first-order valence-corrected chi connectivity index (χ1v) is 9.72. The molecule has 142 valence electrons. The summed E-state index contributed by atoms with van der Waals surface area (Å²) in [7, 11) is 0. The number of rotatable bonds is 2. The minimum atomic E-state index is 0.725. The van der Waals surface area contributed by atoms with Crippen molar-refractivity contribution in [2.24, 2.45) is 0 Å². The van der Waals surface area contributed by atoms with Crippen molar-refractivity contribution in [3.8, 4) is 0 Å². The van der Waals surface area contributed by atoms with E-state index < -0.39 is 0 Å². The Balaban J connectivity index is 2.03. The highest BCUT2D eigenvalue weighted by Crippen LogP contribution is 2.19. The minimum absolute atomic E-state index is 0.725. The lowest BCUT2D eigenvalue weighted by atomic mass is 10.0. The first-order valence-electron chi connectivity index (χ1n) is 9.72. The lowest BCUT2D eigenvalue weighted by molar-refractivity contribution is 0.517. The Morgan fingerprint density at radius 2 is 1.86 bits per heavy atom. The van der Waals surface area contributed by atoms with E-state index in [4.69, 9.17) is 4.42 Å². The highest BCUT2D eigenvalue weighted by Gasteiger charge is 2.14. The summed E-state index contributed by atoms with van der Waals surface area (Å²) in [5.41, 5.74) is 4.27. The molecule has 1 aromatic carbocycles. The van der Waals surface area contributed by atoms with Crippen LogP contribution in [0.1, 0.15) is 30.4 Å². The molecule has 0 aliphatic heterocycles. The van der Waals surface area contributed by atoms with Crippen molar-refractivity contribution < 1.29 is 4.42 Å². The topological polar surface area (TPSA) is 26.0 Å². The Morgan fingerprint density at radius 1 is 1.07 bits per heavy atom. The van der Waals surface area contributed by atoms with Gasteiger partial charge < -0.3 is 4.42 Å². The molecule has 29 heavy (non-hydrogen) atoms. The van der Waals surface area contributed by atoms with Crippen LogP contribution >= 0.6 is 0 Å². The van der Waals surface area contributed by atoms with Gasteiger partial charge in [-0.3, -0.25) is 4.98 Å². The summed E-state index contributed by atoms with van der Waals surface area (Å²) in [5.74, 6) is 0.746. The molecular weight excluding hydrogens is 354 g/mol. The van der Waals surface area contributed by atoms with Gasteiger partial charge in [0.15, 0.2) is 0 Å². The van der Waals surface area contributed by atoms with Gasteiger partial charge in [-0.15, -0.1) is 0 Å². The van der Waals surface area contributed by atoms with E-state index in [9.17, 15) is 0 Å². The summed E-state index contributed by atoms with van der Waals surface area (Å²) in [6.45, 7) is 10.6. The van der Waals surface area contributed by atoms with Gasteiger partial charge in [-0.25, -0.2) is 0 Å². The Kier molecular flexibility index (Phi) is 5.26. The molecule has 0 radical (unpaired) electrons. The Hall–Kier alpha value is -3.65. The summed E-state index contributed by atoms with van der Waals surface area (Å²) < 4.78 is 6.38. The zero-order chi connectivity index (χ0) is 20.2. The second-order valence-electron chi connectivity index (χ2n) is 6.92. The summed E-state index contributed by atoms with van der Waals surface area (Å²) in [6, 6.07) is 14.2. The minimum Gasteiger partial charge on any atom is -0.455 e. The van der Waals surface area contributed by atoms with Gasteiger partial charge in [0.1, 0.15) is 11.2 Å². The second kappa shape index (κ2) is 8.15. The van der Waals surface area contributed by atoms with Crippen LogP contribution in [0.3, 0.4) is 0 Å². The summed E-state index contributed by atoms with van der Waals surface area (Å²) >= 11 is 0. The van der Waals surface area contributed by atoms with Crippen LogP contribution in [0.15, 0.2) is 77.9 Å². The van der Waals surface area contributed by atoms with Crippen molar-refractivity contribution >= 4 is 36.0 Å². The number of allylic oxidation sites excluding steroid dienone is 4. The maximum absolute atomic E-state index is 6.38. The molecule has 0 spiro atoms. The third-order valence-electron chi connectivity index (χ3n) is 4.94. The van der Waals surface area contributed by atoms with Gasteiger partial charge in [0, 0.05) is 28.1 Å². The number of benzene rings is 1. The van der Waals surface area contributed by atoms with E-state index in [0.29, 0.717) is 0 Å². The smallest absolute Gasteiger partial charge is 0.144 e. The van der Waals surface area contributed by atoms with Crippen LogP contribution in [0.25, 0.3) is 36.0 Å². The number of nitrogens with zero attached hydrogens (tertiary/aromatic N) is 1. The van der Waals surface area contributed by atoms with Gasteiger partial charge in [-0.1, -0.05) is 73.9 Å². The first-order chi connectivity index (χ1) is 14.2. The number of fused-ring (bicyclic) bond motifs is 2. The zero-order valence-corrected chi connectivity index (χ0v) is 16.6. The third-order valence-corrected chi connectivity index (χ3v) is 4.94. The second-order valence-corrected chi connectivity index (χ2v) is 6.92. The molecule has 1 aliphatic carbocycles. The predicted octanol–water partition coefficient (Wildman–Crippen LogP) is 3.55. The van der Waals surface area contributed by atoms with E-state index >= 15 is 0 Å². The van der Waals surface area contributed by atoms with Crippen LogP contribution in [0.2, 0.25) is 0 Å². The van der Waals surface area contributed by atoms with E-state index in [2.05, 4.69) is 60.6 Å². The van der Waals surface area contributed by atoms with Crippen LogP contribution in [-0.2, 0) is 0 Å². The maximum Gasteiger partial charge on any atom is 0.144 e. The molecule has 1 aliphatic rings. The average molecular weight is 377 g/mol. The molecule has 0 fully saturated rings. The standard InChI is InChI=1S/C27H23NO/c1-4-11-24(25-16-9-10-17-28-25)27-20(3)23-15-8-7-13-21-12-5-6-14-22(21)18-19(2)26(23)29-27/h4-6,8-18H,2-3,7H2,1H3/b11-4-,15-8-,21-13-,22-18-,27-24-. The molecule has 4 rings (SSSR count). The molecule has 0 unspecified atom stereocenters. The lowest BCUT2D eigenvalue weighted by Crippen LogP contribution is -2.24. The lowest BCUT2D eigenvalue weighted by Gasteiger charge is -2.01. The SMILES string of the molecule is C=C1/C=c2/cccc/c2=C/C/C=C\c2c1o/c(=C(/C=C\C)c1ccccn1)c2=C. The highest BCUT2D eigenvalue weighted by atomic mass is 16.3. The van der Waals surface area contributed by atoms with Crippen LogP contribution in [0, 0.1) is 0 Å². The number of hydrogen-bond donors (Lipinski definition) is 0. The molecule has 2 nitrogen and oxygen atoms in total. The van der Waals surface area contributed by atoms with Crippen molar-refractivity contribution in [2.45, 2.75) is 13.3 Å². The number of pyridine rings is 1. The largest absolute Gasteiger partial charge is 0.455 e. The zero-order valence-electron chi connectivity index (χ0n) is 16.6. The Labute approximate surface area is 170 Å². The molecule has 0 N–H and O–H groups in total. The molecule has 0 saturated carbocycles. The van der Waals surface area contributed by atoms with Crippen molar-refractivity contribution in [1.29, 1.82) is 0 Å². The quantitative estimate of drug-likeness (QED) is 0.683. The molecule has 0 bridgehead atoms. The molecular formula is C27H23NO. The monoisotopic (exact) mass is 377 g/mol. The van der Waals surface area contributed by atoms with Gasteiger partial charge >= 0.3 is 0 Å². The highest BCUT2D eigenvalue weighted by molar-refractivity contribution is 5.88. The average Bonchev–Trinajstić information content (AvgIpc) is 3.07. The van der Waals surface area contributed by atoms with Gasteiger partial charge in [-0.2, -0.15) is 0 Å². The van der Waals surface area contributed by atoms with E-state index in [-0.39, 0.29) is 0 Å². The summed E-state index contributed by atoms with van der Waals surface area (Å²) in [5, 5.41) is 3.17. The molecule has 2 aromatic heterocycles. The van der Waals surface area contributed by atoms with E-state index in [0.717, 1.165) is 50.4 Å². The van der Waals surface area contributed by atoms with Crippen molar-refractivity contribution in [3.05, 3.63) is 112 Å². The van der Waals surface area contributed by atoms with Gasteiger partial charge in [0.2, 0.25) is 0 Å². The number of hydrogen-bond acceptors (Lipinski definition) is 2. The summed E-state index contributed by atoms with van der Waals surface area (Å²) in [4.78, 5) is 4.51. The predicted molar refractivity (Wildman–Crippen MR) is 122 cm³/mol. The Bertz CT molecular complexity index is 1350. The van der Waals surface area contributed by atoms with Gasteiger partial charge in [0.05, 0.1) is 5.69 Å². The summed E-state index contributed by atoms with van der Waals surface area (Å²) in [6.07, 6.45) is 15.1. The fourth-order valence-electron chi connectivity index (χ4n) is 3.54. The van der Waals surface area contributed by atoms with Crippen molar-refractivity contribution in [3.63, 3.8) is 0 Å². The van der Waals surface area contributed by atoms with Crippen LogP contribution in [0.5, 0.6) is 0 Å². The van der Waals surface area contributed by atoms with Crippen molar-refractivity contribution in [1.82, 2.24) is 4.98 Å². The van der Waals surface area contributed by atoms with Crippen LogP contribution < -0.4 is 21.1 Å². The van der Waals surface area contributed by atoms with Gasteiger partial charge in [-0.05, 0) is 42.0 Å². The van der Waals surface area contributed by atoms with Crippen LogP contribution in [-0.4, -0.2) is 4.98 Å². The molecule has 0 saturated heterocycles. The fraction of sp³-hybridized carbons (Fsp3) is 0.0741. The maximum atomic E-state index is 6.38. The third kappa shape index (κ3) is 3.70. The molecule has 3 aromatic rings. The first kappa shape index (κ1) is 18.7. The Morgan fingerprint density at radius 3 is 2.62 bits per heavy atom. The van der Waals surface area contributed by atoms with Crippen molar-refractivity contribution in [2.75, 3.05) is 0 Å². The van der Waals surface area contributed by atoms with E-state index in [1.165, 1.54) is 5.22 Å². The number of furan rings is 1. The van der Waals surface area contributed by atoms with E-state index in [1.807, 2.05) is 43.3 Å². The van der Waals surface area contributed by atoms with Crippen LogP contribution in [0.4, 0.5) is 0 Å². The van der Waals surface area contributed by atoms with Gasteiger partial charge in [0.25, 0.3) is 0 Å². The molecule has 0 amide bonds. The normalized spacial score (nSPS) is 18.0. The molecule has 2 heteroatoms. The molecule has 0 atom stereocenters.